The predicted molar refractivity (Wildman–Crippen MR) is 75.8 cm³/mol. The van der Waals surface area contributed by atoms with Crippen LogP contribution in [0.1, 0.15) is 25.3 Å². The van der Waals surface area contributed by atoms with Crippen molar-refractivity contribution in [3.63, 3.8) is 0 Å². The molecule has 0 unspecified atom stereocenters. The molecular weight excluding hydrogens is 270 g/mol. The third kappa shape index (κ3) is 4.76. The van der Waals surface area contributed by atoms with Crippen molar-refractivity contribution >= 4 is 5.97 Å². The summed E-state index contributed by atoms with van der Waals surface area (Å²) in [4.78, 5) is 11.2. The molecule has 21 heavy (non-hydrogen) atoms. The average molecular weight is 289 g/mol. The first-order valence-electron chi connectivity index (χ1n) is 7.10. The molecule has 0 amide bonds. The zero-order valence-corrected chi connectivity index (χ0v) is 12.1. The van der Waals surface area contributed by atoms with E-state index in [-0.39, 0.29) is 12.6 Å². The standard InChI is InChI=1S/C16H19NO4/c1-2-19-15(18)5-3-4-13-6-8-14(9-7-13)20-11-16(10-17)12-21-16/h6-9H,2-5,11-12H2,1H3/t16-/m0/s1. The van der Waals surface area contributed by atoms with Gasteiger partial charge in [0.05, 0.1) is 13.2 Å². The molecule has 0 aliphatic carbocycles. The smallest absolute Gasteiger partial charge is 0.305 e. The summed E-state index contributed by atoms with van der Waals surface area (Å²) < 4.78 is 15.5. The number of ether oxygens (including phenoxy) is 3. The largest absolute Gasteiger partial charge is 0.489 e. The number of benzene rings is 1. The summed E-state index contributed by atoms with van der Waals surface area (Å²) in [6, 6.07) is 9.76. The first kappa shape index (κ1) is 15.3. The number of carbonyl (C=O) groups is 1. The SMILES string of the molecule is CCOC(=O)CCCc1ccc(OC[C@@]2(C#N)CO2)cc1. The molecule has 1 fully saturated rings. The van der Waals surface area contributed by atoms with Crippen LogP contribution in [0.2, 0.25) is 0 Å². The van der Waals surface area contributed by atoms with Crippen LogP contribution in [-0.4, -0.2) is 31.4 Å². The molecule has 5 heteroatoms. The maximum absolute atomic E-state index is 11.2. The van der Waals surface area contributed by atoms with Gasteiger partial charge in [-0.15, -0.1) is 0 Å². The molecule has 1 atom stereocenters. The Morgan fingerprint density at radius 3 is 2.71 bits per heavy atom. The summed E-state index contributed by atoms with van der Waals surface area (Å²) in [6.07, 6.45) is 2.03. The van der Waals surface area contributed by atoms with Gasteiger partial charge in [0.1, 0.15) is 18.4 Å². The van der Waals surface area contributed by atoms with E-state index in [1.165, 1.54) is 0 Å². The zero-order valence-electron chi connectivity index (χ0n) is 12.1. The van der Waals surface area contributed by atoms with E-state index in [1.54, 1.807) is 6.92 Å². The van der Waals surface area contributed by atoms with Gasteiger partial charge in [0.15, 0.2) is 0 Å². The van der Waals surface area contributed by atoms with E-state index in [0.717, 1.165) is 18.4 Å². The van der Waals surface area contributed by atoms with Crippen LogP contribution in [0.25, 0.3) is 0 Å². The van der Waals surface area contributed by atoms with Crippen molar-refractivity contribution in [3.05, 3.63) is 29.8 Å². The van der Waals surface area contributed by atoms with Gasteiger partial charge in [0.25, 0.3) is 0 Å². The Bertz CT molecular complexity index is 514. The first-order chi connectivity index (χ1) is 10.2. The van der Waals surface area contributed by atoms with E-state index in [1.807, 2.05) is 24.3 Å². The van der Waals surface area contributed by atoms with E-state index >= 15 is 0 Å². The molecule has 1 aliphatic rings. The van der Waals surface area contributed by atoms with Crippen molar-refractivity contribution < 1.29 is 19.0 Å². The molecule has 0 aromatic heterocycles. The number of hydrogen-bond donors (Lipinski definition) is 0. The van der Waals surface area contributed by atoms with Gasteiger partial charge >= 0.3 is 5.97 Å². The number of epoxide rings is 1. The molecule has 1 aromatic rings. The number of esters is 1. The minimum atomic E-state index is -0.738. The van der Waals surface area contributed by atoms with Crippen molar-refractivity contribution in [3.8, 4) is 11.8 Å². The maximum Gasteiger partial charge on any atom is 0.305 e. The number of hydrogen-bond acceptors (Lipinski definition) is 5. The molecule has 2 rings (SSSR count). The molecule has 1 heterocycles. The normalized spacial score (nSPS) is 19.6. The second-order valence-electron chi connectivity index (χ2n) is 4.99. The van der Waals surface area contributed by atoms with E-state index in [0.29, 0.717) is 25.4 Å². The lowest BCUT2D eigenvalue weighted by Crippen LogP contribution is -2.19. The van der Waals surface area contributed by atoms with Crippen LogP contribution in [0, 0.1) is 11.3 Å². The van der Waals surface area contributed by atoms with Gasteiger partial charge in [0.2, 0.25) is 5.60 Å². The molecule has 0 spiro atoms. The fourth-order valence-corrected chi connectivity index (χ4v) is 1.89. The molecule has 112 valence electrons. The van der Waals surface area contributed by atoms with E-state index in [2.05, 4.69) is 6.07 Å². The van der Waals surface area contributed by atoms with Crippen LogP contribution < -0.4 is 4.74 Å². The quantitative estimate of drug-likeness (QED) is 0.542. The highest BCUT2D eigenvalue weighted by atomic mass is 16.6. The lowest BCUT2D eigenvalue weighted by molar-refractivity contribution is -0.143. The van der Waals surface area contributed by atoms with Crippen molar-refractivity contribution in [1.29, 1.82) is 5.26 Å². The topological polar surface area (TPSA) is 71.8 Å². The Morgan fingerprint density at radius 2 is 2.14 bits per heavy atom. The van der Waals surface area contributed by atoms with Gasteiger partial charge < -0.3 is 14.2 Å². The lowest BCUT2D eigenvalue weighted by Gasteiger charge is -2.08. The third-order valence-electron chi connectivity index (χ3n) is 3.24. The summed E-state index contributed by atoms with van der Waals surface area (Å²) in [5.41, 5.74) is 0.405. The molecule has 0 N–H and O–H groups in total. The molecule has 0 saturated carbocycles. The number of nitriles is 1. The molecule has 5 nitrogen and oxygen atoms in total. The molecule has 1 saturated heterocycles. The third-order valence-corrected chi connectivity index (χ3v) is 3.24. The summed E-state index contributed by atoms with van der Waals surface area (Å²) in [7, 11) is 0. The Kier molecular flexibility index (Phi) is 5.18. The first-order valence-corrected chi connectivity index (χ1v) is 7.10. The van der Waals surface area contributed by atoms with Gasteiger partial charge in [-0.1, -0.05) is 12.1 Å². The molecule has 1 aromatic carbocycles. The van der Waals surface area contributed by atoms with Crippen LogP contribution in [-0.2, 0) is 20.7 Å². The van der Waals surface area contributed by atoms with E-state index in [9.17, 15) is 4.79 Å². The monoisotopic (exact) mass is 289 g/mol. The Labute approximate surface area is 124 Å². The lowest BCUT2D eigenvalue weighted by atomic mass is 10.1. The Morgan fingerprint density at radius 1 is 1.43 bits per heavy atom. The molecule has 0 bridgehead atoms. The van der Waals surface area contributed by atoms with Gasteiger partial charge in [-0.05, 0) is 37.5 Å². The highest BCUT2D eigenvalue weighted by Crippen LogP contribution is 2.27. The van der Waals surface area contributed by atoms with Crippen molar-refractivity contribution in [1.82, 2.24) is 0 Å². The van der Waals surface area contributed by atoms with Gasteiger partial charge in [-0.25, -0.2) is 0 Å². The van der Waals surface area contributed by atoms with Crippen LogP contribution in [0.4, 0.5) is 0 Å². The number of rotatable bonds is 8. The summed E-state index contributed by atoms with van der Waals surface area (Å²) in [5.74, 6) is 0.568. The Balaban J connectivity index is 1.72. The minimum absolute atomic E-state index is 0.149. The van der Waals surface area contributed by atoms with E-state index < -0.39 is 5.60 Å². The second-order valence-corrected chi connectivity index (χ2v) is 4.99. The number of nitrogens with zero attached hydrogens (tertiary/aromatic N) is 1. The highest BCUT2D eigenvalue weighted by Gasteiger charge is 2.46. The van der Waals surface area contributed by atoms with Crippen LogP contribution >= 0.6 is 0 Å². The summed E-state index contributed by atoms with van der Waals surface area (Å²) in [6.45, 7) is 2.93. The molecular formula is C16H19NO4. The summed E-state index contributed by atoms with van der Waals surface area (Å²) in [5, 5.41) is 8.87. The Hall–Kier alpha value is -2.06. The van der Waals surface area contributed by atoms with Gasteiger partial charge in [-0.3, -0.25) is 4.79 Å². The average Bonchev–Trinajstić information content (AvgIpc) is 3.27. The van der Waals surface area contributed by atoms with Crippen LogP contribution in [0.15, 0.2) is 24.3 Å². The zero-order chi connectivity index (χ0) is 15.1. The molecule has 0 radical (unpaired) electrons. The van der Waals surface area contributed by atoms with E-state index in [4.69, 9.17) is 19.5 Å². The van der Waals surface area contributed by atoms with Crippen molar-refractivity contribution in [2.45, 2.75) is 31.8 Å². The predicted octanol–water partition coefficient (Wildman–Crippen LogP) is 2.24. The van der Waals surface area contributed by atoms with Crippen molar-refractivity contribution in [2.75, 3.05) is 19.8 Å². The van der Waals surface area contributed by atoms with Crippen LogP contribution in [0.5, 0.6) is 5.75 Å². The number of carbonyl (C=O) groups excluding carboxylic acids is 1. The van der Waals surface area contributed by atoms with Gasteiger partial charge in [0, 0.05) is 6.42 Å². The maximum atomic E-state index is 11.2. The molecule has 1 aliphatic heterocycles. The van der Waals surface area contributed by atoms with Gasteiger partial charge in [-0.2, -0.15) is 5.26 Å². The highest BCUT2D eigenvalue weighted by molar-refractivity contribution is 5.69. The minimum Gasteiger partial charge on any atom is -0.489 e. The fourth-order valence-electron chi connectivity index (χ4n) is 1.89. The van der Waals surface area contributed by atoms with Crippen molar-refractivity contribution in [2.24, 2.45) is 0 Å². The fraction of sp³-hybridized carbons (Fsp3) is 0.500. The summed E-state index contributed by atoms with van der Waals surface area (Å²) >= 11 is 0. The van der Waals surface area contributed by atoms with Crippen LogP contribution in [0.3, 0.4) is 0 Å². The second kappa shape index (κ2) is 7.09. The number of aryl methyl sites for hydroxylation is 1.